The van der Waals surface area contributed by atoms with Crippen molar-refractivity contribution in [2.75, 3.05) is 0 Å². The third kappa shape index (κ3) is 4.55. The molecule has 0 spiro atoms. The zero-order valence-electron chi connectivity index (χ0n) is 16.5. The third-order valence-electron chi connectivity index (χ3n) is 4.68. The van der Waals surface area contributed by atoms with Crippen LogP contribution in [0.25, 0.3) is 17.0 Å². The Morgan fingerprint density at radius 2 is 1.80 bits per heavy atom. The third-order valence-corrected chi connectivity index (χ3v) is 4.68. The molecule has 1 amide bonds. The predicted octanol–water partition coefficient (Wildman–Crippen LogP) is 4.07. The van der Waals surface area contributed by atoms with Gasteiger partial charge in [0.05, 0.1) is 17.4 Å². The SMILES string of the molecule is Cc1ccc(C=CC(=O)N(Cc2ccccc2)Cc2nc3ccccc3c(=O)[nH]2)o1. The number of nitrogens with zero attached hydrogens (tertiary/aromatic N) is 2. The monoisotopic (exact) mass is 399 g/mol. The number of fused-ring (bicyclic) bond motifs is 1. The number of aryl methyl sites for hydroxylation is 1. The molecule has 6 nitrogen and oxygen atoms in total. The van der Waals surface area contributed by atoms with Crippen LogP contribution in [-0.4, -0.2) is 20.8 Å². The van der Waals surface area contributed by atoms with Crippen molar-refractivity contribution in [3.8, 4) is 0 Å². The van der Waals surface area contributed by atoms with Gasteiger partial charge in [-0.25, -0.2) is 4.98 Å². The van der Waals surface area contributed by atoms with Crippen LogP contribution in [0.4, 0.5) is 0 Å². The maximum atomic E-state index is 13.0. The number of benzene rings is 2. The normalized spacial score (nSPS) is 11.2. The van der Waals surface area contributed by atoms with Crippen LogP contribution in [0.3, 0.4) is 0 Å². The molecule has 0 aliphatic carbocycles. The second kappa shape index (κ2) is 8.61. The van der Waals surface area contributed by atoms with Gasteiger partial charge in [-0.05, 0) is 42.8 Å². The van der Waals surface area contributed by atoms with Gasteiger partial charge >= 0.3 is 0 Å². The Balaban J connectivity index is 1.62. The zero-order valence-corrected chi connectivity index (χ0v) is 16.5. The van der Waals surface area contributed by atoms with Gasteiger partial charge in [0.2, 0.25) is 5.91 Å². The fourth-order valence-corrected chi connectivity index (χ4v) is 3.21. The summed E-state index contributed by atoms with van der Waals surface area (Å²) in [5.41, 5.74) is 1.37. The molecule has 0 unspecified atom stereocenters. The average molecular weight is 399 g/mol. The van der Waals surface area contributed by atoms with E-state index < -0.39 is 0 Å². The number of hydrogen-bond donors (Lipinski definition) is 1. The van der Waals surface area contributed by atoms with Crippen molar-refractivity contribution in [2.45, 2.75) is 20.0 Å². The number of amides is 1. The maximum Gasteiger partial charge on any atom is 0.258 e. The molecule has 1 N–H and O–H groups in total. The van der Waals surface area contributed by atoms with E-state index >= 15 is 0 Å². The minimum atomic E-state index is -0.218. The Hall–Kier alpha value is -3.93. The summed E-state index contributed by atoms with van der Waals surface area (Å²) in [6.07, 6.45) is 3.12. The first kappa shape index (κ1) is 19.4. The highest BCUT2D eigenvalue weighted by atomic mass is 16.3. The lowest BCUT2D eigenvalue weighted by Crippen LogP contribution is -2.30. The Morgan fingerprint density at radius 1 is 1.03 bits per heavy atom. The maximum absolute atomic E-state index is 13.0. The van der Waals surface area contributed by atoms with Crippen LogP contribution < -0.4 is 5.56 Å². The molecule has 4 aromatic rings. The topological polar surface area (TPSA) is 79.2 Å². The fraction of sp³-hybridized carbons (Fsp3) is 0.125. The molecule has 0 aliphatic heterocycles. The predicted molar refractivity (Wildman–Crippen MR) is 116 cm³/mol. The van der Waals surface area contributed by atoms with E-state index in [-0.39, 0.29) is 18.0 Å². The van der Waals surface area contributed by atoms with E-state index in [4.69, 9.17) is 4.42 Å². The highest BCUT2D eigenvalue weighted by Crippen LogP contribution is 2.13. The number of aromatic amines is 1. The van der Waals surface area contributed by atoms with E-state index in [1.807, 2.05) is 55.5 Å². The molecule has 2 heterocycles. The molecule has 4 rings (SSSR count). The van der Waals surface area contributed by atoms with E-state index in [9.17, 15) is 9.59 Å². The molecule has 0 radical (unpaired) electrons. The lowest BCUT2D eigenvalue weighted by atomic mass is 10.2. The van der Waals surface area contributed by atoms with Gasteiger partial charge < -0.3 is 14.3 Å². The van der Waals surface area contributed by atoms with Crippen LogP contribution in [0.2, 0.25) is 0 Å². The highest BCUT2D eigenvalue weighted by Gasteiger charge is 2.15. The zero-order chi connectivity index (χ0) is 20.9. The summed E-state index contributed by atoms with van der Waals surface area (Å²) in [6.45, 7) is 2.41. The quantitative estimate of drug-likeness (QED) is 0.496. The molecular formula is C24H21N3O3. The van der Waals surface area contributed by atoms with Crippen LogP contribution >= 0.6 is 0 Å². The second-order valence-electron chi connectivity index (χ2n) is 6.99. The summed E-state index contributed by atoms with van der Waals surface area (Å²) in [6, 6.07) is 20.5. The number of para-hydroxylation sites is 1. The van der Waals surface area contributed by atoms with E-state index in [0.29, 0.717) is 29.0 Å². The molecule has 30 heavy (non-hydrogen) atoms. The van der Waals surface area contributed by atoms with Gasteiger partial charge in [-0.1, -0.05) is 42.5 Å². The van der Waals surface area contributed by atoms with Gasteiger partial charge in [-0.2, -0.15) is 0 Å². The fourth-order valence-electron chi connectivity index (χ4n) is 3.21. The van der Waals surface area contributed by atoms with E-state index in [1.165, 1.54) is 6.08 Å². The first-order valence-corrected chi connectivity index (χ1v) is 9.64. The molecule has 6 heteroatoms. The molecule has 150 valence electrons. The van der Waals surface area contributed by atoms with Crippen molar-refractivity contribution >= 4 is 22.9 Å². The minimum absolute atomic E-state index is 0.176. The number of aromatic nitrogens is 2. The standard InChI is InChI=1S/C24H21N3O3/c1-17-11-12-19(30-17)13-14-23(28)27(15-18-7-3-2-4-8-18)16-22-25-21-10-6-5-9-20(21)24(29)26-22/h2-14H,15-16H2,1H3,(H,25,26,29). The lowest BCUT2D eigenvalue weighted by molar-refractivity contribution is -0.127. The van der Waals surface area contributed by atoms with Gasteiger partial charge in [0.25, 0.3) is 5.56 Å². The average Bonchev–Trinajstić information content (AvgIpc) is 3.17. The minimum Gasteiger partial charge on any atom is -0.462 e. The molecule has 2 aromatic carbocycles. The summed E-state index contributed by atoms with van der Waals surface area (Å²) in [7, 11) is 0. The molecule has 0 bridgehead atoms. The largest absolute Gasteiger partial charge is 0.462 e. The van der Waals surface area contributed by atoms with Crippen LogP contribution in [0.1, 0.15) is 22.9 Å². The van der Waals surface area contributed by atoms with Crippen molar-refractivity contribution in [3.63, 3.8) is 0 Å². The molecule has 0 atom stereocenters. The van der Waals surface area contributed by atoms with Crippen molar-refractivity contribution < 1.29 is 9.21 Å². The van der Waals surface area contributed by atoms with Gasteiger partial charge in [-0.3, -0.25) is 9.59 Å². The van der Waals surface area contributed by atoms with Crippen LogP contribution in [-0.2, 0) is 17.9 Å². The summed E-state index contributed by atoms with van der Waals surface area (Å²) >= 11 is 0. The number of rotatable bonds is 6. The summed E-state index contributed by atoms with van der Waals surface area (Å²) in [4.78, 5) is 34.3. The molecular weight excluding hydrogens is 378 g/mol. The van der Waals surface area contributed by atoms with Crippen LogP contribution in [0, 0.1) is 6.92 Å². The molecule has 0 saturated heterocycles. The number of hydrogen-bond acceptors (Lipinski definition) is 4. The molecule has 0 aliphatic rings. The Morgan fingerprint density at radius 3 is 2.57 bits per heavy atom. The summed E-state index contributed by atoms with van der Waals surface area (Å²) in [5.74, 6) is 1.62. The lowest BCUT2D eigenvalue weighted by Gasteiger charge is -2.21. The van der Waals surface area contributed by atoms with Gasteiger partial charge in [-0.15, -0.1) is 0 Å². The van der Waals surface area contributed by atoms with Gasteiger partial charge in [0, 0.05) is 12.6 Å². The number of furan rings is 1. The van der Waals surface area contributed by atoms with Crippen LogP contribution in [0.5, 0.6) is 0 Å². The summed E-state index contributed by atoms with van der Waals surface area (Å²) in [5, 5.41) is 0.523. The molecule has 2 aromatic heterocycles. The smallest absolute Gasteiger partial charge is 0.258 e. The Bertz CT molecular complexity index is 1260. The first-order chi connectivity index (χ1) is 14.6. The van der Waals surface area contributed by atoms with Crippen molar-refractivity contribution in [1.82, 2.24) is 14.9 Å². The second-order valence-corrected chi connectivity index (χ2v) is 6.99. The van der Waals surface area contributed by atoms with Gasteiger partial charge in [0.1, 0.15) is 17.3 Å². The van der Waals surface area contributed by atoms with Crippen molar-refractivity contribution in [2.24, 2.45) is 0 Å². The number of nitrogens with one attached hydrogen (secondary N) is 1. The first-order valence-electron chi connectivity index (χ1n) is 9.64. The van der Waals surface area contributed by atoms with Crippen molar-refractivity contribution in [1.29, 1.82) is 0 Å². The summed E-state index contributed by atoms with van der Waals surface area (Å²) < 4.78 is 5.50. The van der Waals surface area contributed by atoms with Gasteiger partial charge in [0.15, 0.2) is 0 Å². The molecule has 0 saturated carbocycles. The van der Waals surface area contributed by atoms with E-state index in [1.54, 1.807) is 29.2 Å². The van der Waals surface area contributed by atoms with Crippen molar-refractivity contribution in [3.05, 3.63) is 106 Å². The van der Waals surface area contributed by atoms with E-state index in [2.05, 4.69) is 9.97 Å². The number of carbonyl (C=O) groups excluding carboxylic acids is 1. The van der Waals surface area contributed by atoms with Crippen LogP contribution in [0.15, 0.2) is 82.0 Å². The molecule has 0 fully saturated rings. The Kier molecular flexibility index (Phi) is 5.57. The Labute approximate surface area is 173 Å². The highest BCUT2D eigenvalue weighted by molar-refractivity contribution is 5.91. The number of carbonyl (C=O) groups is 1. The van der Waals surface area contributed by atoms with E-state index in [0.717, 1.165) is 11.3 Å². The number of H-pyrrole nitrogens is 1.